The Morgan fingerprint density at radius 3 is 2.76 bits per heavy atom. The van der Waals surface area contributed by atoms with Gasteiger partial charge in [0.1, 0.15) is 5.56 Å². The van der Waals surface area contributed by atoms with Crippen LogP contribution in [0.1, 0.15) is 5.56 Å². The third-order valence-electron chi connectivity index (χ3n) is 3.06. The number of ether oxygens (including phenoxy) is 1. The first-order chi connectivity index (χ1) is 9.82. The lowest BCUT2D eigenvalue weighted by Crippen LogP contribution is -2.41. The molecule has 0 aromatic heterocycles. The summed E-state index contributed by atoms with van der Waals surface area (Å²) in [6.45, 7) is 0.634. The molecule has 0 N–H and O–H groups in total. The van der Waals surface area contributed by atoms with E-state index >= 15 is 0 Å². The zero-order valence-electron chi connectivity index (χ0n) is 10.6. The fraction of sp³-hybridized carbons (Fsp3) is 0.417. The van der Waals surface area contributed by atoms with Crippen LogP contribution >= 0.6 is 0 Å². The average Bonchev–Trinajstić information content (AvgIpc) is 2.45. The van der Waals surface area contributed by atoms with Crippen molar-refractivity contribution in [2.75, 3.05) is 24.6 Å². The molecule has 0 spiro atoms. The summed E-state index contributed by atoms with van der Waals surface area (Å²) in [7, 11) is 0. The number of hydrogen-bond acceptors (Lipinski definition) is 5. The van der Waals surface area contributed by atoms with E-state index in [0.717, 1.165) is 12.1 Å². The number of anilines is 1. The molecule has 2 rings (SSSR count). The standard InChI is InChI=1S/C12H10F3N3O3/c13-12(14,15)10-5-8(1-2-11(10)18(19)20)17-3-4-21-9(6-16)7-17/h1-2,5,9H,3-4,7H2. The van der Waals surface area contributed by atoms with Gasteiger partial charge in [0, 0.05) is 18.3 Å². The van der Waals surface area contributed by atoms with E-state index in [9.17, 15) is 23.3 Å². The van der Waals surface area contributed by atoms with E-state index in [-0.39, 0.29) is 18.8 Å². The van der Waals surface area contributed by atoms with Crippen LogP contribution in [0.4, 0.5) is 24.5 Å². The van der Waals surface area contributed by atoms with Gasteiger partial charge in [-0.05, 0) is 12.1 Å². The molecule has 21 heavy (non-hydrogen) atoms. The maximum atomic E-state index is 12.9. The summed E-state index contributed by atoms with van der Waals surface area (Å²) in [5.74, 6) is 0. The van der Waals surface area contributed by atoms with E-state index in [1.165, 1.54) is 11.0 Å². The molecule has 112 valence electrons. The maximum Gasteiger partial charge on any atom is 0.423 e. The predicted molar refractivity (Wildman–Crippen MR) is 65.7 cm³/mol. The van der Waals surface area contributed by atoms with Gasteiger partial charge in [-0.3, -0.25) is 10.1 Å². The summed E-state index contributed by atoms with van der Waals surface area (Å²) in [5.41, 5.74) is -2.11. The van der Waals surface area contributed by atoms with Crippen LogP contribution in [0, 0.1) is 21.4 Å². The molecule has 1 unspecified atom stereocenters. The molecular formula is C12H10F3N3O3. The first-order valence-corrected chi connectivity index (χ1v) is 5.94. The van der Waals surface area contributed by atoms with Crippen molar-refractivity contribution in [3.05, 3.63) is 33.9 Å². The van der Waals surface area contributed by atoms with Gasteiger partial charge in [-0.15, -0.1) is 0 Å². The molecule has 1 saturated heterocycles. The molecule has 1 aromatic carbocycles. The molecular weight excluding hydrogens is 291 g/mol. The topological polar surface area (TPSA) is 79.4 Å². The molecule has 0 radical (unpaired) electrons. The van der Waals surface area contributed by atoms with Crippen molar-refractivity contribution in [3.63, 3.8) is 0 Å². The fourth-order valence-electron chi connectivity index (χ4n) is 2.07. The minimum atomic E-state index is -4.82. The van der Waals surface area contributed by atoms with Gasteiger partial charge in [-0.1, -0.05) is 0 Å². The molecule has 0 saturated carbocycles. The second-order valence-corrected chi connectivity index (χ2v) is 4.39. The minimum Gasteiger partial charge on any atom is -0.365 e. The van der Waals surface area contributed by atoms with Crippen molar-refractivity contribution in [2.45, 2.75) is 12.3 Å². The molecule has 0 amide bonds. The summed E-state index contributed by atoms with van der Waals surface area (Å²) >= 11 is 0. The van der Waals surface area contributed by atoms with E-state index in [1.807, 2.05) is 6.07 Å². The van der Waals surface area contributed by atoms with Crippen LogP contribution in [0.2, 0.25) is 0 Å². The molecule has 1 aliphatic heterocycles. The smallest absolute Gasteiger partial charge is 0.365 e. The highest BCUT2D eigenvalue weighted by Gasteiger charge is 2.39. The lowest BCUT2D eigenvalue weighted by atomic mass is 10.1. The Morgan fingerprint density at radius 1 is 1.48 bits per heavy atom. The Hall–Kier alpha value is -2.34. The highest BCUT2D eigenvalue weighted by molar-refractivity contribution is 5.57. The quantitative estimate of drug-likeness (QED) is 0.619. The first-order valence-electron chi connectivity index (χ1n) is 5.94. The molecule has 1 atom stereocenters. The van der Waals surface area contributed by atoms with Gasteiger partial charge in [0.25, 0.3) is 5.69 Å². The lowest BCUT2D eigenvalue weighted by molar-refractivity contribution is -0.388. The van der Waals surface area contributed by atoms with Crippen molar-refractivity contribution in [2.24, 2.45) is 0 Å². The number of nitriles is 1. The van der Waals surface area contributed by atoms with Gasteiger partial charge in [0.05, 0.1) is 24.1 Å². The number of alkyl halides is 3. The number of morpholine rings is 1. The summed E-state index contributed by atoms with van der Waals surface area (Å²) in [6.07, 6.45) is -5.55. The van der Waals surface area contributed by atoms with Gasteiger partial charge in [-0.2, -0.15) is 18.4 Å². The van der Waals surface area contributed by atoms with Crippen LogP contribution in [-0.4, -0.2) is 30.7 Å². The number of nitro groups is 1. The van der Waals surface area contributed by atoms with Crippen molar-refractivity contribution in [1.29, 1.82) is 5.26 Å². The fourth-order valence-corrected chi connectivity index (χ4v) is 2.07. The molecule has 1 heterocycles. The number of halogens is 3. The number of rotatable bonds is 2. The Kier molecular flexibility index (Phi) is 3.99. The van der Waals surface area contributed by atoms with Gasteiger partial charge < -0.3 is 9.64 Å². The van der Waals surface area contributed by atoms with Crippen LogP contribution in [-0.2, 0) is 10.9 Å². The summed E-state index contributed by atoms with van der Waals surface area (Å²) in [5, 5.41) is 19.5. The molecule has 1 fully saturated rings. The third kappa shape index (κ3) is 3.22. The van der Waals surface area contributed by atoms with Crippen LogP contribution in [0.5, 0.6) is 0 Å². The van der Waals surface area contributed by atoms with E-state index < -0.39 is 28.5 Å². The Morgan fingerprint density at radius 2 is 2.19 bits per heavy atom. The minimum absolute atomic E-state index is 0.117. The van der Waals surface area contributed by atoms with Gasteiger partial charge in [-0.25, -0.2) is 0 Å². The Bertz CT molecular complexity index is 598. The molecule has 0 bridgehead atoms. The predicted octanol–water partition coefficient (Wildman–Crippen LogP) is 2.34. The van der Waals surface area contributed by atoms with Crippen LogP contribution in [0.15, 0.2) is 18.2 Å². The normalized spacial score (nSPS) is 19.1. The lowest BCUT2D eigenvalue weighted by Gasteiger charge is -2.31. The van der Waals surface area contributed by atoms with E-state index in [4.69, 9.17) is 10.00 Å². The number of benzene rings is 1. The van der Waals surface area contributed by atoms with E-state index in [1.54, 1.807) is 0 Å². The molecule has 1 aliphatic rings. The third-order valence-corrected chi connectivity index (χ3v) is 3.06. The summed E-state index contributed by atoms with van der Waals surface area (Å²) in [4.78, 5) is 11.2. The van der Waals surface area contributed by atoms with Crippen molar-refractivity contribution < 1.29 is 22.8 Å². The molecule has 0 aliphatic carbocycles. The van der Waals surface area contributed by atoms with Gasteiger partial charge in [0.15, 0.2) is 6.10 Å². The largest absolute Gasteiger partial charge is 0.423 e. The first kappa shape index (κ1) is 15.1. The second kappa shape index (κ2) is 5.57. The van der Waals surface area contributed by atoms with E-state index in [0.29, 0.717) is 6.54 Å². The second-order valence-electron chi connectivity index (χ2n) is 4.39. The number of hydrogen-bond donors (Lipinski definition) is 0. The monoisotopic (exact) mass is 301 g/mol. The average molecular weight is 301 g/mol. The van der Waals surface area contributed by atoms with Crippen molar-refractivity contribution in [3.8, 4) is 6.07 Å². The molecule has 1 aromatic rings. The highest BCUT2D eigenvalue weighted by atomic mass is 19.4. The van der Waals surface area contributed by atoms with Crippen LogP contribution in [0.25, 0.3) is 0 Å². The van der Waals surface area contributed by atoms with Gasteiger partial charge in [0.2, 0.25) is 0 Å². The molecule has 9 heteroatoms. The van der Waals surface area contributed by atoms with Crippen LogP contribution in [0.3, 0.4) is 0 Å². The Balaban J connectivity index is 2.38. The van der Waals surface area contributed by atoms with E-state index in [2.05, 4.69) is 0 Å². The maximum absolute atomic E-state index is 12.9. The van der Waals surface area contributed by atoms with Crippen molar-refractivity contribution >= 4 is 11.4 Å². The molecule has 6 nitrogen and oxygen atoms in total. The Labute approximate surface area is 117 Å². The number of nitrogens with zero attached hydrogens (tertiary/aromatic N) is 3. The summed E-state index contributed by atoms with van der Waals surface area (Å²) in [6, 6.07) is 4.69. The summed E-state index contributed by atoms with van der Waals surface area (Å²) < 4.78 is 43.8. The van der Waals surface area contributed by atoms with Gasteiger partial charge >= 0.3 is 6.18 Å². The zero-order valence-corrected chi connectivity index (χ0v) is 10.6. The highest BCUT2D eigenvalue weighted by Crippen LogP contribution is 2.38. The van der Waals surface area contributed by atoms with Crippen LogP contribution < -0.4 is 4.90 Å². The number of nitro benzene ring substituents is 1. The SMILES string of the molecule is N#CC1CN(c2ccc([N+](=O)[O-])c(C(F)(F)F)c2)CCO1. The van der Waals surface area contributed by atoms with Crippen molar-refractivity contribution in [1.82, 2.24) is 0 Å². The zero-order chi connectivity index (χ0) is 15.6.